The fourth-order valence-corrected chi connectivity index (χ4v) is 5.08. The maximum absolute atomic E-state index is 13.3. The van der Waals surface area contributed by atoms with Crippen LogP contribution in [0.2, 0.25) is 0 Å². The van der Waals surface area contributed by atoms with Crippen molar-refractivity contribution in [2.24, 2.45) is 17.6 Å². The number of rotatable bonds is 2. The fraction of sp³-hybridized carbons (Fsp3) is 0.571. The van der Waals surface area contributed by atoms with Crippen LogP contribution in [0.1, 0.15) is 19.3 Å². The van der Waals surface area contributed by atoms with E-state index in [-0.39, 0.29) is 35.2 Å². The van der Waals surface area contributed by atoms with Crippen molar-refractivity contribution < 1.29 is 17.2 Å². The standard InChI is InChI=1S/C14H18F2N2O2S.ClH/c15-10-4-11(16)6-12(5-10)21(19,20)18-7-9-2-1-3-14(17)13(9)8-18;/h4-6,9,13-14H,1-3,7-8,17H2;1H. The molecule has 1 saturated heterocycles. The molecule has 124 valence electrons. The summed E-state index contributed by atoms with van der Waals surface area (Å²) in [5.41, 5.74) is 6.07. The Morgan fingerprint density at radius 2 is 1.73 bits per heavy atom. The Kier molecular flexibility index (Phi) is 5.11. The summed E-state index contributed by atoms with van der Waals surface area (Å²) >= 11 is 0. The first-order valence-corrected chi connectivity index (χ1v) is 8.54. The van der Waals surface area contributed by atoms with Crippen molar-refractivity contribution in [1.29, 1.82) is 0 Å². The van der Waals surface area contributed by atoms with Crippen LogP contribution in [-0.4, -0.2) is 31.9 Å². The van der Waals surface area contributed by atoms with Crippen molar-refractivity contribution in [3.8, 4) is 0 Å². The molecule has 2 fully saturated rings. The quantitative estimate of drug-likeness (QED) is 0.887. The van der Waals surface area contributed by atoms with Gasteiger partial charge < -0.3 is 5.73 Å². The molecule has 0 bridgehead atoms. The number of hydrogen-bond acceptors (Lipinski definition) is 3. The van der Waals surface area contributed by atoms with E-state index in [0.29, 0.717) is 19.2 Å². The Morgan fingerprint density at radius 3 is 2.32 bits per heavy atom. The van der Waals surface area contributed by atoms with Gasteiger partial charge in [0.25, 0.3) is 0 Å². The Labute approximate surface area is 135 Å². The second-order valence-corrected chi connectivity index (χ2v) is 7.88. The van der Waals surface area contributed by atoms with E-state index in [1.54, 1.807) is 0 Å². The van der Waals surface area contributed by atoms with Crippen LogP contribution in [0, 0.1) is 23.5 Å². The smallest absolute Gasteiger partial charge is 0.243 e. The third kappa shape index (κ3) is 3.13. The van der Waals surface area contributed by atoms with Crippen molar-refractivity contribution in [2.45, 2.75) is 30.2 Å². The van der Waals surface area contributed by atoms with Crippen LogP contribution >= 0.6 is 12.4 Å². The lowest BCUT2D eigenvalue weighted by molar-refractivity contribution is 0.260. The maximum Gasteiger partial charge on any atom is 0.243 e. The van der Waals surface area contributed by atoms with Crippen molar-refractivity contribution in [2.75, 3.05) is 13.1 Å². The van der Waals surface area contributed by atoms with Gasteiger partial charge in [-0.1, -0.05) is 6.42 Å². The first kappa shape index (κ1) is 17.6. The zero-order chi connectivity index (χ0) is 15.2. The lowest BCUT2D eigenvalue weighted by Gasteiger charge is -2.29. The summed E-state index contributed by atoms with van der Waals surface area (Å²) in [6.07, 6.45) is 2.87. The van der Waals surface area contributed by atoms with Crippen LogP contribution in [0.5, 0.6) is 0 Å². The van der Waals surface area contributed by atoms with Gasteiger partial charge in [0.15, 0.2) is 0 Å². The summed E-state index contributed by atoms with van der Waals surface area (Å²) in [6.45, 7) is 0.727. The van der Waals surface area contributed by atoms with E-state index in [1.807, 2.05) is 0 Å². The molecule has 1 aliphatic heterocycles. The zero-order valence-corrected chi connectivity index (χ0v) is 13.5. The average molecular weight is 353 g/mol. The number of halogens is 3. The van der Waals surface area contributed by atoms with Crippen molar-refractivity contribution in [3.63, 3.8) is 0 Å². The van der Waals surface area contributed by atoms with Crippen LogP contribution in [0.4, 0.5) is 8.78 Å². The van der Waals surface area contributed by atoms with Gasteiger partial charge in [0.2, 0.25) is 10.0 Å². The highest BCUT2D eigenvalue weighted by Gasteiger charge is 2.43. The van der Waals surface area contributed by atoms with E-state index in [0.717, 1.165) is 31.4 Å². The van der Waals surface area contributed by atoms with Crippen molar-refractivity contribution in [3.05, 3.63) is 29.8 Å². The molecule has 4 nitrogen and oxygen atoms in total. The van der Waals surface area contributed by atoms with Gasteiger partial charge in [-0.25, -0.2) is 17.2 Å². The van der Waals surface area contributed by atoms with Gasteiger partial charge in [0, 0.05) is 25.2 Å². The van der Waals surface area contributed by atoms with Gasteiger partial charge in [-0.15, -0.1) is 12.4 Å². The monoisotopic (exact) mass is 352 g/mol. The Morgan fingerprint density at radius 1 is 1.09 bits per heavy atom. The van der Waals surface area contributed by atoms with Gasteiger partial charge in [-0.2, -0.15) is 4.31 Å². The minimum Gasteiger partial charge on any atom is -0.327 e. The van der Waals surface area contributed by atoms with Crippen LogP contribution in [-0.2, 0) is 10.0 Å². The van der Waals surface area contributed by atoms with Gasteiger partial charge in [-0.05, 0) is 36.8 Å². The van der Waals surface area contributed by atoms with E-state index in [9.17, 15) is 17.2 Å². The lowest BCUT2D eigenvalue weighted by Crippen LogP contribution is -2.38. The summed E-state index contributed by atoms with van der Waals surface area (Å²) in [4.78, 5) is -0.327. The number of benzene rings is 1. The normalized spacial score (nSPS) is 29.0. The molecule has 22 heavy (non-hydrogen) atoms. The largest absolute Gasteiger partial charge is 0.327 e. The summed E-state index contributed by atoms with van der Waals surface area (Å²) in [7, 11) is -3.87. The molecule has 1 heterocycles. The van der Waals surface area contributed by atoms with Crippen molar-refractivity contribution in [1.82, 2.24) is 4.31 Å². The highest BCUT2D eigenvalue weighted by atomic mass is 35.5. The van der Waals surface area contributed by atoms with Crippen LogP contribution in [0.15, 0.2) is 23.1 Å². The Bertz CT molecular complexity index is 636. The van der Waals surface area contributed by atoms with Gasteiger partial charge in [-0.3, -0.25) is 0 Å². The first-order chi connectivity index (χ1) is 9.88. The molecule has 2 N–H and O–H groups in total. The average Bonchev–Trinajstić information content (AvgIpc) is 2.83. The predicted molar refractivity (Wildman–Crippen MR) is 81.2 cm³/mol. The van der Waals surface area contributed by atoms with E-state index in [2.05, 4.69) is 0 Å². The Balaban J connectivity index is 0.00000176. The van der Waals surface area contributed by atoms with Crippen LogP contribution in [0.25, 0.3) is 0 Å². The van der Waals surface area contributed by atoms with Crippen LogP contribution in [0.3, 0.4) is 0 Å². The summed E-state index contributed by atoms with van der Waals surface area (Å²) < 4.78 is 52.9. The molecule has 0 radical (unpaired) electrons. The molecule has 1 aromatic carbocycles. The number of nitrogens with two attached hydrogens (primary N) is 1. The molecule has 1 aromatic rings. The fourth-order valence-electron chi connectivity index (χ4n) is 3.50. The zero-order valence-electron chi connectivity index (χ0n) is 11.9. The molecule has 8 heteroatoms. The summed E-state index contributed by atoms with van der Waals surface area (Å²) in [5.74, 6) is -1.38. The number of sulfonamides is 1. The topological polar surface area (TPSA) is 63.4 Å². The molecule has 2 aliphatic rings. The highest BCUT2D eigenvalue weighted by molar-refractivity contribution is 7.89. The van der Waals surface area contributed by atoms with Crippen molar-refractivity contribution >= 4 is 22.4 Å². The maximum atomic E-state index is 13.3. The SMILES string of the molecule is Cl.NC1CCCC2CN(S(=O)(=O)c3cc(F)cc(F)c3)CC12. The van der Waals surface area contributed by atoms with Gasteiger partial charge in [0.1, 0.15) is 11.6 Å². The van der Waals surface area contributed by atoms with Gasteiger partial charge >= 0.3 is 0 Å². The van der Waals surface area contributed by atoms with E-state index in [4.69, 9.17) is 5.73 Å². The molecule has 0 aromatic heterocycles. The molecular weight excluding hydrogens is 334 g/mol. The highest BCUT2D eigenvalue weighted by Crippen LogP contribution is 2.37. The number of fused-ring (bicyclic) bond motifs is 1. The number of nitrogens with zero attached hydrogens (tertiary/aromatic N) is 1. The first-order valence-electron chi connectivity index (χ1n) is 7.10. The second kappa shape index (κ2) is 6.39. The molecule has 3 rings (SSSR count). The van der Waals surface area contributed by atoms with E-state index < -0.39 is 21.7 Å². The predicted octanol–water partition coefficient (Wildman–Crippen LogP) is 2.13. The molecular formula is C14H19ClF2N2O2S. The summed E-state index contributed by atoms with van der Waals surface area (Å²) in [6, 6.07) is 2.40. The third-order valence-corrected chi connectivity index (χ3v) is 6.40. The van der Waals surface area contributed by atoms with E-state index >= 15 is 0 Å². The lowest BCUT2D eigenvalue weighted by atomic mass is 9.78. The number of hydrogen-bond donors (Lipinski definition) is 1. The summed E-state index contributed by atoms with van der Waals surface area (Å²) in [5, 5.41) is 0. The molecule has 3 unspecified atom stereocenters. The molecule has 3 atom stereocenters. The molecule has 0 spiro atoms. The third-order valence-electron chi connectivity index (χ3n) is 4.59. The molecule has 1 saturated carbocycles. The Hall–Kier alpha value is -0.760. The minimum atomic E-state index is -3.87. The van der Waals surface area contributed by atoms with E-state index in [1.165, 1.54) is 4.31 Å². The minimum absolute atomic E-state index is 0. The van der Waals surface area contributed by atoms with Gasteiger partial charge in [0.05, 0.1) is 4.90 Å². The second-order valence-electron chi connectivity index (χ2n) is 5.95. The molecule has 0 amide bonds. The molecule has 1 aliphatic carbocycles. The van der Waals surface area contributed by atoms with Crippen LogP contribution < -0.4 is 5.73 Å².